The van der Waals surface area contributed by atoms with Crippen LogP contribution >= 0.6 is 0 Å². The largest absolute Gasteiger partial charge is 0.392 e. The maximum absolute atomic E-state index is 11.5. The van der Waals surface area contributed by atoms with Crippen LogP contribution in [-0.4, -0.2) is 6.18 Å². The highest BCUT2D eigenvalue weighted by atomic mass is 19.4. The summed E-state index contributed by atoms with van der Waals surface area (Å²) in [6.45, 7) is 3.36. The molecule has 0 saturated carbocycles. The maximum atomic E-state index is 11.5. The Labute approximate surface area is 63.7 Å². The molecule has 0 aliphatic rings. The molecule has 0 aromatic carbocycles. The lowest BCUT2D eigenvalue weighted by Gasteiger charge is -1.98. The third-order valence-electron chi connectivity index (χ3n) is 0.844. The van der Waals surface area contributed by atoms with Crippen molar-refractivity contribution in [3.8, 4) is 0 Å². The van der Waals surface area contributed by atoms with Gasteiger partial charge in [-0.1, -0.05) is 37.0 Å². The Hall–Kier alpha value is -0.990. The normalized spacial score (nSPS) is 13.0. The maximum Gasteiger partial charge on any atom is 0.392 e. The fourth-order valence-electron chi connectivity index (χ4n) is 0.423. The van der Waals surface area contributed by atoms with Gasteiger partial charge in [0, 0.05) is 0 Å². The Morgan fingerprint density at radius 3 is 2.18 bits per heavy atom. The third kappa shape index (κ3) is 9.01. The second kappa shape index (κ2) is 4.77. The smallest absolute Gasteiger partial charge is 0.171 e. The number of rotatable bonds is 3. The van der Waals surface area contributed by atoms with Crippen LogP contribution in [0.1, 0.15) is 6.42 Å². The van der Waals surface area contributed by atoms with Crippen molar-refractivity contribution in [2.45, 2.75) is 12.6 Å². The molecule has 11 heavy (non-hydrogen) atoms. The molecular weight excluding hydrogens is 153 g/mol. The summed E-state index contributed by atoms with van der Waals surface area (Å²) in [6.07, 6.45) is 1.98. The van der Waals surface area contributed by atoms with Gasteiger partial charge in [0.25, 0.3) is 0 Å². The molecule has 0 aromatic heterocycles. The van der Waals surface area contributed by atoms with Crippen LogP contribution in [0.15, 0.2) is 37.0 Å². The van der Waals surface area contributed by atoms with Crippen LogP contribution in [0.4, 0.5) is 13.2 Å². The van der Waals surface area contributed by atoms with Gasteiger partial charge in [-0.3, -0.25) is 0 Å². The molecule has 0 saturated heterocycles. The highest BCUT2D eigenvalue weighted by Gasteiger charge is 2.24. The number of alkyl halides is 3. The molecular formula is C8H9F3. The molecule has 0 rings (SSSR count). The van der Waals surface area contributed by atoms with Crippen molar-refractivity contribution < 1.29 is 13.2 Å². The SMILES string of the molecule is C=C/C=C\C=C\CC(F)(F)F. The van der Waals surface area contributed by atoms with E-state index in [1.807, 2.05) is 0 Å². The van der Waals surface area contributed by atoms with Crippen molar-refractivity contribution in [1.82, 2.24) is 0 Å². The molecule has 0 unspecified atom stereocenters. The van der Waals surface area contributed by atoms with Crippen molar-refractivity contribution in [2.24, 2.45) is 0 Å². The van der Waals surface area contributed by atoms with Gasteiger partial charge in [0.05, 0.1) is 6.42 Å². The van der Waals surface area contributed by atoms with Gasteiger partial charge in [0.2, 0.25) is 0 Å². The van der Waals surface area contributed by atoms with E-state index in [0.717, 1.165) is 6.08 Å². The van der Waals surface area contributed by atoms with E-state index in [2.05, 4.69) is 6.58 Å². The zero-order chi connectivity index (χ0) is 8.74. The predicted molar refractivity (Wildman–Crippen MR) is 39.1 cm³/mol. The van der Waals surface area contributed by atoms with Gasteiger partial charge in [-0.15, -0.1) is 0 Å². The zero-order valence-electron chi connectivity index (χ0n) is 5.93. The van der Waals surface area contributed by atoms with Crippen LogP contribution in [0, 0.1) is 0 Å². The quantitative estimate of drug-likeness (QED) is 0.559. The fraction of sp³-hybridized carbons (Fsp3) is 0.250. The van der Waals surface area contributed by atoms with Crippen LogP contribution < -0.4 is 0 Å². The van der Waals surface area contributed by atoms with E-state index in [4.69, 9.17) is 0 Å². The molecule has 0 bridgehead atoms. The number of halogens is 3. The van der Waals surface area contributed by atoms with E-state index in [0.29, 0.717) is 0 Å². The van der Waals surface area contributed by atoms with Gasteiger partial charge in [-0.2, -0.15) is 13.2 Å². The summed E-state index contributed by atoms with van der Waals surface area (Å²) < 4.78 is 34.4. The first-order valence-electron chi connectivity index (χ1n) is 3.07. The highest BCUT2D eigenvalue weighted by Crippen LogP contribution is 2.19. The monoisotopic (exact) mass is 162 g/mol. The van der Waals surface area contributed by atoms with Gasteiger partial charge in [0.15, 0.2) is 0 Å². The molecule has 0 radical (unpaired) electrons. The standard InChI is InChI=1S/C8H9F3/c1-2-3-4-5-6-7-8(9,10)11/h2-6H,1,7H2/b4-3-,6-5+. The topological polar surface area (TPSA) is 0 Å². The molecule has 0 N–H and O–H groups in total. The van der Waals surface area contributed by atoms with E-state index >= 15 is 0 Å². The Morgan fingerprint density at radius 2 is 1.73 bits per heavy atom. The Balaban J connectivity index is 3.61. The van der Waals surface area contributed by atoms with Crippen LogP contribution in [0.25, 0.3) is 0 Å². The Morgan fingerprint density at radius 1 is 1.09 bits per heavy atom. The van der Waals surface area contributed by atoms with Crippen LogP contribution in [0.2, 0.25) is 0 Å². The summed E-state index contributed by atoms with van der Waals surface area (Å²) in [6, 6.07) is 0. The fourth-order valence-corrected chi connectivity index (χ4v) is 0.423. The number of hydrogen-bond acceptors (Lipinski definition) is 0. The van der Waals surface area contributed by atoms with Gasteiger partial charge >= 0.3 is 6.18 Å². The van der Waals surface area contributed by atoms with E-state index in [1.54, 1.807) is 6.08 Å². The lowest BCUT2D eigenvalue weighted by Crippen LogP contribution is -2.03. The molecule has 0 fully saturated rings. The minimum atomic E-state index is -4.10. The molecule has 0 heterocycles. The van der Waals surface area contributed by atoms with Gasteiger partial charge < -0.3 is 0 Å². The average Bonchev–Trinajstić information content (AvgIpc) is 1.85. The molecule has 0 amide bonds. The van der Waals surface area contributed by atoms with Crippen LogP contribution in [-0.2, 0) is 0 Å². The van der Waals surface area contributed by atoms with Gasteiger partial charge in [-0.05, 0) is 0 Å². The Kier molecular flexibility index (Phi) is 4.34. The molecule has 0 aromatic rings. The first kappa shape index (κ1) is 10.0. The number of hydrogen-bond donors (Lipinski definition) is 0. The average molecular weight is 162 g/mol. The summed E-state index contributed by atoms with van der Waals surface area (Å²) in [5.41, 5.74) is 0. The second-order valence-electron chi connectivity index (χ2n) is 1.87. The van der Waals surface area contributed by atoms with Crippen LogP contribution in [0.3, 0.4) is 0 Å². The Bertz CT molecular complexity index is 163. The summed E-state index contributed by atoms with van der Waals surface area (Å²) >= 11 is 0. The van der Waals surface area contributed by atoms with Crippen LogP contribution in [0.5, 0.6) is 0 Å². The molecule has 0 aliphatic carbocycles. The molecule has 0 atom stereocenters. The molecule has 0 aliphatic heterocycles. The van der Waals surface area contributed by atoms with E-state index in [-0.39, 0.29) is 0 Å². The first-order valence-corrected chi connectivity index (χ1v) is 3.07. The molecule has 0 spiro atoms. The van der Waals surface area contributed by atoms with Crippen molar-refractivity contribution in [2.75, 3.05) is 0 Å². The van der Waals surface area contributed by atoms with Gasteiger partial charge in [-0.25, -0.2) is 0 Å². The van der Waals surface area contributed by atoms with Crippen molar-refractivity contribution in [1.29, 1.82) is 0 Å². The van der Waals surface area contributed by atoms with Crippen molar-refractivity contribution in [3.05, 3.63) is 37.0 Å². The van der Waals surface area contributed by atoms with Crippen molar-refractivity contribution in [3.63, 3.8) is 0 Å². The lowest BCUT2D eigenvalue weighted by molar-refractivity contribution is -0.125. The summed E-state index contributed by atoms with van der Waals surface area (Å²) in [7, 11) is 0. The predicted octanol–water partition coefficient (Wildman–Crippen LogP) is 3.24. The second-order valence-corrected chi connectivity index (χ2v) is 1.87. The molecule has 0 nitrogen and oxygen atoms in total. The van der Waals surface area contributed by atoms with E-state index < -0.39 is 12.6 Å². The summed E-state index contributed by atoms with van der Waals surface area (Å²) in [5, 5.41) is 0. The first-order chi connectivity index (χ1) is 5.06. The summed E-state index contributed by atoms with van der Waals surface area (Å²) in [5.74, 6) is 0. The van der Waals surface area contributed by atoms with Gasteiger partial charge in [0.1, 0.15) is 0 Å². The minimum absolute atomic E-state index is 0.880. The minimum Gasteiger partial charge on any atom is -0.171 e. The van der Waals surface area contributed by atoms with Crippen molar-refractivity contribution >= 4 is 0 Å². The van der Waals surface area contributed by atoms with E-state index in [9.17, 15) is 13.2 Å². The number of allylic oxidation sites excluding steroid dienone is 5. The third-order valence-corrected chi connectivity index (χ3v) is 0.844. The molecule has 3 heteroatoms. The molecule has 62 valence electrons. The van der Waals surface area contributed by atoms with E-state index in [1.165, 1.54) is 18.2 Å². The highest BCUT2D eigenvalue weighted by molar-refractivity contribution is 5.08. The summed E-state index contributed by atoms with van der Waals surface area (Å²) in [4.78, 5) is 0. The lowest BCUT2D eigenvalue weighted by atomic mass is 10.3. The zero-order valence-corrected chi connectivity index (χ0v) is 5.93.